The van der Waals surface area contributed by atoms with Gasteiger partial charge in [0.2, 0.25) is 11.8 Å². The first kappa shape index (κ1) is 13.5. The molecule has 1 heterocycles. The SMILES string of the molecule is CCC1CC(=O)N(CC(NC(C)=O)C(=O)O)C1. The lowest BCUT2D eigenvalue weighted by molar-refractivity contribution is -0.142. The Morgan fingerprint density at radius 3 is 2.65 bits per heavy atom. The van der Waals surface area contributed by atoms with Gasteiger partial charge in [-0.15, -0.1) is 0 Å². The number of nitrogens with one attached hydrogen (secondary N) is 1. The van der Waals surface area contributed by atoms with E-state index < -0.39 is 17.9 Å². The molecule has 17 heavy (non-hydrogen) atoms. The van der Waals surface area contributed by atoms with Crippen molar-refractivity contribution in [3.05, 3.63) is 0 Å². The first-order valence-corrected chi connectivity index (χ1v) is 5.71. The maximum atomic E-state index is 11.6. The van der Waals surface area contributed by atoms with Crippen molar-refractivity contribution in [2.45, 2.75) is 32.7 Å². The van der Waals surface area contributed by atoms with Crippen molar-refractivity contribution in [1.29, 1.82) is 0 Å². The molecule has 2 atom stereocenters. The van der Waals surface area contributed by atoms with Gasteiger partial charge >= 0.3 is 5.97 Å². The van der Waals surface area contributed by atoms with Gasteiger partial charge in [-0.2, -0.15) is 0 Å². The fourth-order valence-corrected chi connectivity index (χ4v) is 1.96. The average Bonchev–Trinajstić information content (AvgIpc) is 2.58. The summed E-state index contributed by atoms with van der Waals surface area (Å²) in [5.41, 5.74) is 0. The van der Waals surface area contributed by atoms with Crippen molar-refractivity contribution < 1.29 is 19.5 Å². The van der Waals surface area contributed by atoms with Crippen LogP contribution < -0.4 is 5.32 Å². The van der Waals surface area contributed by atoms with E-state index >= 15 is 0 Å². The molecule has 1 aliphatic rings. The second-order valence-corrected chi connectivity index (χ2v) is 4.37. The number of hydrogen-bond donors (Lipinski definition) is 2. The quantitative estimate of drug-likeness (QED) is 0.701. The Kier molecular flexibility index (Phi) is 4.48. The van der Waals surface area contributed by atoms with E-state index in [1.54, 1.807) is 0 Å². The lowest BCUT2D eigenvalue weighted by atomic mass is 10.1. The summed E-state index contributed by atoms with van der Waals surface area (Å²) >= 11 is 0. The highest BCUT2D eigenvalue weighted by Crippen LogP contribution is 2.20. The van der Waals surface area contributed by atoms with Gasteiger partial charge in [0.1, 0.15) is 6.04 Å². The van der Waals surface area contributed by atoms with Gasteiger partial charge in [0.25, 0.3) is 0 Å². The topological polar surface area (TPSA) is 86.7 Å². The number of nitrogens with zero attached hydrogens (tertiary/aromatic N) is 1. The van der Waals surface area contributed by atoms with Gasteiger partial charge < -0.3 is 15.3 Å². The molecule has 0 radical (unpaired) electrons. The van der Waals surface area contributed by atoms with Crippen LogP contribution >= 0.6 is 0 Å². The van der Waals surface area contributed by atoms with E-state index in [1.165, 1.54) is 11.8 Å². The third-order valence-electron chi connectivity index (χ3n) is 2.95. The van der Waals surface area contributed by atoms with Crippen LogP contribution in [-0.2, 0) is 14.4 Å². The van der Waals surface area contributed by atoms with Crippen LogP contribution in [0.15, 0.2) is 0 Å². The first-order chi connectivity index (χ1) is 7.93. The number of amides is 2. The summed E-state index contributed by atoms with van der Waals surface area (Å²) in [7, 11) is 0. The van der Waals surface area contributed by atoms with Crippen LogP contribution in [-0.4, -0.2) is 46.9 Å². The normalized spacial score (nSPS) is 21.4. The summed E-state index contributed by atoms with van der Waals surface area (Å²) < 4.78 is 0. The number of carboxylic acid groups (broad SMARTS) is 1. The molecule has 2 amide bonds. The van der Waals surface area contributed by atoms with E-state index in [0.717, 1.165) is 6.42 Å². The second-order valence-electron chi connectivity index (χ2n) is 4.37. The minimum Gasteiger partial charge on any atom is -0.480 e. The molecule has 0 aromatic heterocycles. The molecule has 0 aromatic rings. The number of hydrogen-bond acceptors (Lipinski definition) is 3. The summed E-state index contributed by atoms with van der Waals surface area (Å²) in [6.07, 6.45) is 1.38. The van der Waals surface area contributed by atoms with E-state index in [4.69, 9.17) is 5.11 Å². The summed E-state index contributed by atoms with van der Waals surface area (Å²) in [5.74, 6) is -1.26. The average molecular weight is 242 g/mol. The molecule has 0 saturated carbocycles. The Morgan fingerprint density at radius 1 is 1.59 bits per heavy atom. The Balaban J connectivity index is 2.58. The van der Waals surface area contributed by atoms with Crippen molar-refractivity contribution in [3.63, 3.8) is 0 Å². The van der Waals surface area contributed by atoms with Gasteiger partial charge in [-0.25, -0.2) is 4.79 Å². The molecule has 1 rings (SSSR count). The molecule has 0 aromatic carbocycles. The molecule has 0 bridgehead atoms. The standard InChI is InChI=1S/C11H18N2O4/c1-3-8-4-10(15)13(5-8)6-9(11(16)17)12-7(2)14/h8-9H,3-6H2,1-2H3,(H,12,14)(H,16,17). The van der Waals surface area contributed by atoms with Gasteiger partial charge in [0.05, 0.1) is 6.54 Å². The van der Waals surface area contributed by atoms with Crippen LogP contribution in [0.5, 0.6) is 0 Å². The summed E-state index contributed by atoms with van der Waals surface area (Å²) in [6, 6.07) is -1.02. The van der Waals surface area contributed by atoms with Gasteiger partial charge in [-0.1, -0.05) is 13.3 Å². The predicted molar refractivity (Wildman–Crippen MR) is 60.2 cm³/mol. The first-order valence-electron chi connectivity index (χ1n) is 5.71. The molecule has 1 aliphatic heterocycles. The molecule has 2 N–H and O–H groups in total. The van der Waals surface area contributed by atoms with Crippen molar-refractivity contribution in [1.82, 2.24) is 10.2 Å². The maximum Gasteiger partial charge on any atom is 0.328 e. The molecule has 6 nitrogen and oxygen atoms in total. The van der Waals surface area contributed by atoms with E-state index in [0.29, 0.717) is 18.9 Å². The Labute approximate surface area is 100.0 Å². The van der Waals surface area contributed by atoms with Crippen LogP contribution in [0.4, 0.5) is 0 Å². The molecule has 96 valence electrons. The Bertz CT molecular complexity index is 329. The maximum absolute atomic E-state index is 11.6. The second kappa shape index (κ2) is 5.65. The smallest absolute Gasteiger partial charge is 0.328 e. The molecular weight excluding hydrogens is 224 g/mol. The Morgan fingerprint density at radius 2 is 2.24 bits per heavy atom. The molecule has 0 spiro atoms. The van der Waals surface area contributed by atoms with Crippen molar-refractivity contribution in [2.24, 2.45) is 5.92 Å². The minimum absolute atomic E-state index is 0.0338. The van der Waals surface area contributed by atoms with Crippen molar-refractivity contribution >= 4 is 17.8 Å². The van der Waals surface area contributed by atoms with Crippen LogP contribution in [0, 0.1) is 5.92 Å². The number of carbonyl (C=O) groups is 3. The number of carboxylic acids is 1. The molecule has 1 fully saturated rings. The summed E-state index contributed by atoms with van der Waals surface area (Å²) in [4.78, 5) is 34.9. The lowest BCUT2D eigenvalue weighted by Crippen LogP contribution is -2.48. The number of likely N-dealkylation sites (tertiary alicyclic amines) is 1. The predicted octanol–water partition coefficient (Wildman–Crippen LogP) is -0.166. The molecule has 2 unspecified atom stereocenters. The highest BCUT2D eigenvalue weighted by molar-refractivity contribution is 5.84. The van der Waals surface area contributed by atoms with Crippen molar-refractivity contribution in [3.8, 4) is 0 Å². The number of carbonyl (C=O) groups excluding carboxylic acids is 2. The Hall–Kier alpha value is -1.59. The zero-order valence-electron chi connectivity index (χ0n) is 10.1. The fourth-order valence-electron chi connectivity index (χ4n) is 1.96. The number of aliphatic carboxylic acids is 1. The summed E-state index contributed by atoms with van der Waals surface area (Å²) in [6.45, 7) is 3.89. The third kappa shape index (κ3) is 3.72. The zero-order chi connectivity index (χ0) is 13.0. The van der Waals surface area contributed by atoms with Crippen LogP contribution in [0.1, 0.15) is 26.7 Å². The van der Waals surface area contributed by atoms with Gasteiger partial charge in [-0.3, -0.25) is 9.59 Å². The largest absolute Gasteiger partial charge is 0.480 e. The van der Waals surface area contributed by atoms with E-state index in [2.05, 4.69) is 5.32 Å². The highest BCUT2D eigenvalue weighted by Gasteiger charge is 2.32. The molecular formula is C11H18N2O4. The molecule has 1 saturated heterocycles. The third-order valence-corrected chi connectivity index (χ3v) is 2.95. The van der Waals surface area contributed by atoms with Crippen molar-refractivity contribution in [2.75, 3.05) is 13.1 Å². The minimum atomic E-state index is -1.12. The monoisotopic (exact) mass is 242 g/mol. The zero-order valence-corrected chi connectivity index (χ0v) is 10.1. The molecule has 6 heteroatoms. The van der Waals surface area contributed by atoms with Crippen LogP contribution in [0.3, 0.4) is 0 Å². The summed E-state index contributed by atoms with van der Waals surface area (Å²) in [5, 5.41) is 11.3. The van der Waals surface area contributed by atoms with E-state index in [1.807, 2.05) is 6.92 Å². The van der Waals surface area contributed by atoms with Crippen LogP contribution in [0.2, 0.25) is 0 Å². The van der Waals surface area contributed by atoms with Crippen LogP contribution in [0.25, 0.3) is 0 Å². The highest BCUT2D eigenvalue weighted by atomic mass is 16.4. The van der Waals surface area contributed by atoms with E-state index in [-0.39, 0.29) is 12.5 Å². The molecule has 0 aliphatic carbocycles. The van der Waals surface area contributed by atoms with Gasteiger partial charge in [0, 0.05) is 19.9 Å². The fraction of sp³-hybridized carbons (Fsp3) is 0.727. The number of rotatable bonds is 5. The van der Waals surface area contributed by atoms with E-state index in [9.17, 15) is 14.4 Å². The van der Waals surface area contributed by atoms with Gasteiger partial charge in [-0.05, 0) is 5.92 Å². The lowest BCUT2D eigenvalue weighted by Gasteiger charge is -2.21. The van der Waals surface area contributed by atoms with Gasteiger partial charge in [0.15, 0.2) is 0 Å².